The van der Waals surface area contributed by atoms with E-state index in [0.717, 1.165) is 90.1 Å². The molecule has 0 saturated carbocycles. The van der Waals surface area contributed by atoms with Crippen molar-refractivity contribution >= 4 is 69.2 Å². The van der Waals surface area contributed by atoms with Crippen molar-refractivity contribution in [1.29, 1.82) is 5.26 Å². The molecule has 0 amide bonds. The first-order chi connectivity index (χ1) is 30.5. The number of nitrogens with zero attached hydrogens (tertiary/aromatic N) is 3. The second kappa shape index (κ2) is 18.8. The zero-order valence-corrected chi connectivity index (χ0v) is 35.0. The van der Waals surface area contributed by atoms with Gasteiger partial charge in [-0.15, -0.1) is 0 Å². The molecule has 8 rings (SSSR count). The van der Waals surface area contributed by atoms with Crippen LogP contribution in [0.15, 0.2) is 176 Å². The SMILES string of the molecule is COc1ccc(N(c2ccc(C=Cc3ccc4c(C#N)c(C=Cc5ccc(N(c6ccc(OC)cc6)c6ccc(OC)cc6)cc5)ccc4c3)cc2)c2ccc(OC)cc2)cc1. The molecule has 0 aromatic heterocycles. The fourth-order valence-corrected chi connectivity index (χ4v) is 7.40. The van der Waals surface area contributed by atoms with Gasteiger partial charge >= 0.3 is 0 Å². The normalized spacial score (nSPS) is 11.1. The predicted molar refractivity (Wildman–Crippen MR) is 255 cm³/mol. The largest absolute Gasteiger partial charge is 0.497 e. The molecule has 0 unspecified atom stereocenters. The third kappa shape index (κ3) is 9.01. The molecule has 8 aromatic carbocycles. The van der Waals surface area contributed by atoms with Crippen LogP contribution in [-0.2, 0) is 0 Å². The molecule has 8 aromatic rings. The average Bonchev–Trinajstić information content (AvgIpc) is 3.34. The van der Waals surface area contributed by atoms with Crippen molar-refractivity contribution in [3.8, 4) is 29.1 Å². The molecular formula is C55H45N3O4. The van der Waals surface area contributed by atoms with Crippen LogP contribution in [0.4, 0.5) is 34.1 Å². The Hall–Kier alpha value is -8.21. The zero-order chi connectivity index (χ0) is 42.8. The maximum absolute atomic E-state index is 10.3. The van der Waals surface area contributed by atoms with Gasteiger partial charge in [-0.25, -0.2) is 0 Å². The van der Waals surface area contributed by atoms with Crippen molar-refractivity contribution < 1.29 is 18.9 Å². The van der Waals surface area contributed by atoms with Crippen LogP contribution in [0, 0.1) is 11.3 Å². The van der Waals surface area contributed by atoms with E-state index >= 15 is 0 Å². The zero-order valence-electron chi connectivity index (χ0n) is 35.0. The Labute approximate surface area is 363 Å². The number of anilines is 6. The Morgan fingerprint density at radius 3 is 1.05 bits per heavy atom. The van der Waals surface area contributed by atoms with Gasteiger partial charge in [-0.1, -0.05) is 72.8 Å². The van der Waals surface area contributed by atoms with Gasteiger partial charge in [0.1, 0.15) is 29.1 Å². The van der Waals surface area contributed by atoms with Crippen molar-refractivity contribution in [2.45, 2.75) is 0 Å². The minimum atomic E-state index is 0.643. The van der Waals surface area contributed by atoms with Crippen LogP contribution >= 0.6 is 0 Å². The van der Waals surface area contributed by atoms with Crippen LogP contribution in [0.5, 0.6) is 23.0 Å². The number of hydrogen-bond donors (Lipinski definition) is 0. The maximum Gasteiger partial charge on any atom is 0.119 e. The van der Waals surface area contributed by atoms with Crippen LogP contribution in [0.2, 0.25) is 0 Å². The molecule has 0 fully saturated rings. The summed E-state index contributed by atoms with van der Waals surface area (Å²) in [5, 5.41) is 12.3. The summed E-state index contributed by atoms with van der Waals surface area (Å²) >= 11 is 0. The van der Waals surface area contributed by atoms with E-state index in [9.17, 15) is 5.26 Å². The van der Waals surface area contributed by atoms with E-state index < -0.39 is 0 Å². The van der Waals surface area contributed by atoms with E-state index in [0.29, 0.717) is 5.56 Å². The van der Waals surface area contributed by atoms with E-state index in [2.05, 4.69) is 119 Å². The lowest BCUT2D eigenvalue weighted by Crippen LogP contribution is -2.09. The lowest BCUT2D eigenvalue weighted by Gasteiger charge is -2.26. The third-order valence-electron chi connectivity index (χ3n) is 10.7. The highest BCUT2D eigenvalue weighted by atomic mass is 16.5. The summed E-state index contributed by atoms with van der Waals surface area (Å²) in [4.78, 5) is 4.39. The van der Waals surface area contributed by atoms with E-state index in [1.807, 2.05) is 97.1 Å². The van der Waals surface area contributed by atoms with Crippen LogP contribution in [-0.4, -0.2) is 28.4 Å². The Morgan fingerprint density at radius 1 is 0.371 bits per heavy atom. The highest BCUT2D eigenvalue weighted by Crippen LogP contribution is 2.38. The molecule has 7 heteroatoms. The van der Waals surface area contributed by atoms with Gasteiger partial charge in [-0.2, -0.15) is 5.26 Å². The second-order valence-electron chi connectivity index (χ2n) is 14.4. The molecule has 0 radical (unpaired) electrons. The first-order valence-corrected chi connectivity index (χ1v) is 20.2. The highest BCUT2D eigenvalue weighted by molar-refractivity contribution is 5.94. The van der Waals surface area contributed by atoms with Gasteiger partial charge in [-0.05, 0) is 155 Å². The van der Waals surface area contributed by atoms with Crippen LogP contribution < -0.4 is 28.7 Å². The van der Waals surface area contributed by atoms with Gasteiger partial charge in [0.25, 0.3) is 0 Å². The third-order valence-corrected chi connectivity index (χ3v) is 10.7. The number of benzene rings is 8. The molecule has 0 bridgehead atoms. The average molecular weight is 812 g/mol. The molecule has 0 aliphatic rings. The monoisotopic (exact) mass is 811 g/mol. The molecular weight excluding hydrogens is 767 g/mol. The molecule has 0 atom stereocenters. The van der Waals surface area contributed by atoms with Crippen LogP contribution in [0.1, 0.15) is 27.8 Å². The summed E-state index contributed by atoms with van der Waals surface area (Å²) in [5.74, 6) is 3.20. The number of fused-ring (bicyclic) bond motifs is 1. The molecule has 0 saturated heterocycles. The Balaban J connectivity index is 0.991. The topological polar surface area (TPSA) is 67.2 Å². The molecule has 0 spiro atoms. The van der Waals surface area contributed by atoms with Crippen molar-refractivity contribution in [2.75, 3.05) is 38.2 Å². The van der Waals surface area contributed by atoms with Crippen molar-refractivity contribution in [3.63, 3.8) is 0 Å². The Kier molecular flexibility index (Phi) is 12.3. The molecule has 7 nitrogen and oxygen atoms in total. The number of hydrogen-bond acceptors (Lipinski definition) is 7. The fraction of sp³-hybridized carbons (Fsp3) is 0.0727. The summed E-state index contributed by atoms with van der Waals surface area (Å²) in [6.45, 7) is 0. The number of nitriles is 1. The summed E-state index contributed by atoms with van der Waals surface area (Å²) in [7, 11) is 6.68. The van der Waals surface area contributed by atoms with Crippen molar-refractivity contribution in [2.24, 2.45) is 0 Å². The molecule has 0 aliphatic heterocycles. The summed E-state index contributed by atoms with van der Waals surface area (Å²) in [5.41, 5.74) is 10.7. The van der Waals surface area contributed by atoms with Crippen molar-refractivity contribution in [1.82, 2.24) is 0 Å². The lowest BCUT2D eigenvalue weighted by molar-refractivity contribution is 0.414. The predicted octanol–water partition coefficient (Wildman–Crippen LogP) is 14.0. The van der Waals surface area contributed by atoms with E-state index in [-0.39, 0.29) is 0 Å². The molecule has 0 aliphatic carbocycles. The van der Waals surface area contributed by atoms with E-state index in [1.165, 1.54) is 0 Å². The smallest absolute Gasteiger partial charge is 0.119 e. The maximum atomic E-state index is 10.3. The first-order valence-electron chi connectivity index (χ1n) is 20.2. The second-order valence-corrected chi connectivity index (χ2v) is 14.4. The fourth-order valence-electron chi connectivity index (χ4n) is 7.40. The number of methoxy groups -OCH3 is 4. The number of rotatable bonds is 14. The molecule has 0 heterocycles. The van der Waals surface area contributed by atoms with Gasteiger partial charge in [0.05, 0.1) is 34.0 Å². The van der Waals surface area contributed by atoms with Gasteiger partial charge in [0.2, 0.25) is 0 Å². The van der Waals surface area contributed by atoms with E-state index in [4.69, 9.17) is 18.9 Å². The van der Waals surface area contributed by atoms with Gasteiger partial charge in [0, 0.05) is 39.5 Å². The minimum Gasteiger partial charge on any atom is -0.497 e. The summed E-state index contributed by atoms with van der Waals surface area (Å²) < 4.78 is 21.6. The molecule has 62 heavy (non-hydrogen) atoms. The minimum absolute atomic E-state index is 0.643. The highest BCUT2D eigenvalue weighted by Gasteiger charge is 2.15. The quantitative estimate of drug-likeness (QED) is 0.101. The van der Waals surface area contributed by atoms with Crippen LogP contribution in [0.25, 0.3) is 35.1 Å². The van der Waals surface area contributed by atoms with Gasteiger partial charge in [-0.3, -0.25) is 0 Å². The number of ether oxygens (including phenoxy) is 4. The van der Waals surface area contributed by atoms with Gasteiger partial charge < -0.3 is 28.7 Å². The van der Waals surface area contributed by atoms with E-state index in [1.54, 1.807) is 28.4 Å². The summed E-state index contributed by atoms with van der Waals surface area (Å²) in [6.07, 6.45) is 8.27. The molecule has 304 valence electrons. The molecule has 0 N–H and O–H groups in total. The van der Waals surface area contributed by atoms with Gasteiger partial charge in [0.15, 0.2) is 0 Å². The Bertz CT molecular complexity index is 2770. The van der Waals surface area contributed by atoms with Crippen LogP contribution in [0.3, 0.4) is 0 Å². The lowest BCUT2D eigenvalue weighted by atomic mass is 9.97. The first kappa shape index (κ1) is 40.6. The Morgan fingerprint density at radius 2 is 0.694 bits per heavy atom. The standard InChI is InChI=1S/C55H45N3O4/c1-59-50-28-20-46(21-29-50)57(47-22-30-51(60-2)31-23-47)44-16-8-39(9-17-44)5-6-41-12-36-54-43(37-41)15-14-42(55(54)38-56)13-7-40-10-18-45(19-11-40)58(48-24-32-52(61-3)33-25-48)49-26-34-53(62-4)35-27-49/h5-37H,1-4H3. The summed E-state index contributed by atoms with van der Waals surface area (Å²) in [6, 6.07) is 61.7. The van der Waals surface area contributed by atoms with Crippen molar-refractivity contribution in [3.05, 3.63) is 204 Å².